The minimum Gasteiger partial charge on any atom is -0.450 e. The Balaban J connectivity index is 1.96. The van der Waals surface area contributed by atoms with Gasteiger partial charge in [-0.15, -0.1) is 0 Å². The number of ether oxygens (including phenoxy) is 2. The third-order valence-corrected chi connectivity index (χ3v) is 6.36. The van der Waals surface area contributed by atoms with Gasteiger partial charge in [-0.1, -0.05) is 12.8 Å². The molecule has 0 atom stereocenters. The van der Waals surface area contributed by atoms with Crippen molar-refractivity contribution in [2.75, 3.05) is 60.6 Å². The normalized spacial score (nSPS) is 19.2. The third kappa shape index (κ3) is 8.20. The number of aliphatic imine (C=N–C) groups is 1. The summed E-state index contributed by atoms with van der Waals surface area (Å²) in [7, 11) is 5.23. The van der Waals surface area contributed by atoms with E-state index in [9.17, 15) is 9.59 Å². The highest BCUT2D eigenvalue weighted by Gasteiger charge is 2.34. The molecule has 2 N–H and O–H groups in total. The second-order valence-electron chi connectivity index (χ2n) is 8.86. The lowest BCUT2D eigenvalue weighted by Gasteiger charge is -2.34. The van der Waals surface area contributed by atoms with E-state index >= 15 is 0 Å². The van der Waals surface area contributed by atoms with Crippen molar-refractivity contribution in [1.29, 1.82) is 0 Å². The molecule has 0 aromatic rings. The van der Waals surface area contributed by atoms with Crippen molar-refractivity contribution in [3.63, 3.8) is 0 Å². The molecule has 1 heterocycles. The highest BCUT2D eigenvalue weighted by atomic mass is 16.6. The van der Waals surface area contributed by atoms with Gasteiger partial charge in [0.2, 0.25) is 5.91 Å². The molecule has 1 saturated carbocycles. The molecule has 0 unspecified atom stereocenters. The molecule has 0 bridgehead atoms. The van der Waals surface area contributed by atoms with Crippen LogP contribution in [0.25, 0.3) is 0 Å². The fourth-order valence-electron chi connectivity index (χ4n) is 4.29. The monoisotopic (exact) mass is 439 g/mol. The van der Waals surface area contributed by atoms with E-state index in [0.29, 0.717) is 25.7 Å². The van der Waals surface area contributed by atoms with Gasteiger partial charge in [0.15, 0.2) is 5.96 Å². The van der Waals surface area contributed by atoms with E-state index in [1.807, 2.05) is 6.92 Å². The summed E-state index contributed by atoms with van der Waals surface area (Å²) >= 11 is 0. The van der Waals surface area contributed by atoms with Gasteiger partial charge in [0.25, 0.3) is 0 Å². The summed E-state index contributed by atoms with van der Waals surface area (Å²) in [5.41, 5.74) is 0.220. The zero-order valence-electron chi connectivity index (χ0n) is 19.7. The molecule has 0 aromatic carbocycles. The minimum absolute atomic E-state index is 0.0341. The Hall–Kier alpha value is -2.03. The molecular weight excluding hydrogens is 398 g/mol. The van der Waals surface area contributed by atoms with Crippen molar-refractivity contribution >= 4 is 18.0 Å². The van der Waals surface area contributed by atoms with Crippen LogP contribution in [0.15, 0.2) is 4.99 Å². The number of likely N-dealkylation sites (tertiary alicyclic amines) is 1. The standard InChI is InChI=1S/C22H41N5O4/c1-5-31-21(29)27-13-8-18(9-14-27)25-20(23-16-19(28)26(2)3)24-17-22(12-15-30-4)10-6-7-11-22/h18H,5-17H2,1-4H3,(H2,23,24,25). The SMILES string of the molecule is CCOC(=O)N1CCC(NC(=NCC(=O)N(C)C)NCC2(CCOC)CCCC2)CC1. The Kier molecular flexibility index (Phi) is 10.4. The summed E-state index contributed by atoms with van der Waals surface area (Å²) in [6.45, 7) is 5.19. The van der Waals surface area contributed by atoms with Crippen LogP contribution in [0.4, 0.5) is 4.79 Å². The summed E-state index contributed by atoms with van der Waals surface area (Å²) in [6.07, 6.45) is 7.28. The number of guanidine groups is 1. The van der Waals surface area contributed by atoms with E-state index in [1.165, 1.54) is 25.7 Å². The molecule has 31 heavy (non-hydrogen) atoms. The Morgan fingerprint density at radius 1 is 1.19 bits per heavy atom. The number of nitrogens with one attached hydrogen (secondary N) is 2. The van der Waals surface area contributed by atoms with Gasteiger partial charge in [0.1, 0.15) is 6.54 Å². The molecule has 1 aliphatic heterocycles. The molecule has 0 spiro atoms. The van der Waals surface area contributed by atoms with E-state index in [2.05, 4.69) is 15.6 Å². The van der Waals surface area contributed by atoms with Crippen LogP contribution >= 0.6 is 0 Å². The van der Waals surface area contributed by atoms with Crippen LogP contribution in [0.2, 0.25) is 0 Å². The van der Waals surface area contributed by atoms with Crippen LogP contribution in [0.3, 0.4) is 0 Å². The van der Waals surface area contributed by atoms with Gasteiger partial charge in [0, 0.05) is 53.5 Å². The first-order valence-electron chi connectivity index (χ1n) is 11.5. The molecule has 1 saturated heterocycles. The summed E-state index contributed by atoms with van der Waals surface area (Å²) in [6, 6.07) is 0.199. The number of rotatable bonds is 9. The smallest absolute Gasteiger partial charge is 0.409 e. The number of carbonyl (C=O) groups excluding carboxylic acids is 2. The minimum atomic E-state index is -0.245. The second kappa shape index (κ2) is 12.7. The van der Waals surface area contributed by atoms with Crippen LogP contribution in [0.1, 0.15) is 51.9 Å². The van der Waals surface area contributed by atoms with Gasteiger partial charge >= 0.3 is 6.09 Å². The van der Waals surface area contributed by atoms with Crippen LogP contribution in [0, 0.1) is 5.41 Å². The lowest BCUT2D eigenvalue weighted by Crippen LogP contribution is -2.51. The Morgan fingerprint density at radius 2 is 1.87 bits per heavy atom. The largest absolute Gasteiger partial charge is 0.450 e. The lowest BCUT2D eigenvalue weighted by molar-refractivity contribution is -0.127. The van der Waals surface area contributed by atoms with Crippen molar-refractivity contribution in [3.8, 4) is 0 Å². The molecule has 0 radical (unpaired) electrons. The molecule has 1 aliphatic carbocycles. The van der Waals surface area contributed by atoms with Crippen LogP contribution in [0.5, 0.6) is 0 Å². The van der Waals surface area contributed by atoms with Crippen molar-refractivity contribution in [2.45, 2.75) is 57.9 Å². The van der Waals surface area contributed by atoms with Gasteiger partial charge in [0.05, 0.1) is 6.61 Å². The maximum absolute atomic E-state index is 12.1. The van der Waals surface area contributed by atoms with Gasteiger partial charge in [-0.3, -0.25) is 4.79 Å². The lowest BCUT2D eigenvalue weighted by atomic mass is 9.83. The van der Waals surface area contributed by atoms with Crippen molar-refractivity contribution in [2.24, 2.45) is 10.4 Å². The number of methoxy groups -OCH3 is 1. The Morgan fingerprint density at radius 3 is 2.45 bits per heavy atom. The molecular formula is C22H41N5O4. The fourth-order valence-corrected chi connectivity index (χ4v) is 4.29. The van der Waals surface area contributed by atoms with Gasteiger partial charge in [-0.25, -0.2) is 9.79 Å². The number of hydrogen-bond acceptors (Lipinski definition) is 5. The quantitative estimate of drug-likeness (QED) is 0.420. The van der Waals surface area contributed by atoms with Crippen molar-refractivity contribution < 1.29 is 19.1 Å². The predicted octanol–water partition coefficient (Wildman–Crippen LogP) is 1.83. The maximum atomic E-state index is 12.1. The Bertz CT molecular complexity index is 597. The molecule has 0 aromatic heterocycles. The number of likely N-dealkylation sites (N-methyl/N-ethyl adjacent to an activating group) is 1. The van der Waals surface area contributed by atoms with E-state index in [0.717, 1.165) is 32.4 Å². The predicted molar refractivity (Wildman–Crippen MR) is 121 cm³/mol. The van der Waals surface area contributed by atoms with Gasteiger partial charge in [-0.05, 0) is 44.4 Å². The van der Waals surface area contributed by atoms with Crippen molar-refractivity contribution in [1.82, 2.24) is 20.4 Å². The average molecular weight is 440 g/mol. The molecule has 9 nitrogen and oxygen atoms in total. The first-order valence-corrected chi connectivity index (χ1v) is 11.5. The van der Waals surface area contributed by atoms with E-state index in [-0.39, 0.29) is 30.0 Å². The number of piperidine rings is 1. The zero-order valence-corrected chi connectivity index (χ0v) is 19.7. The van der Waals surface area contributed by atoms with E-state index < -0.39 is 0 Å². The van der Waals surface area contributed by atoms with Crippen LogP contribution in [-0.2, 0) is 14.3 Å². The van der Waals surface area contributed by atoms with Gasteiger partial charge in [-0.2, -0.15) is 0 Å². The van der Waals surface area contributed by atoms with Crippen LogP contribution in [-0.4, -0.2) is 94.4 Å². The Labute approximate surface area is 186 Å². The van der Waals surface area contributed by atoms with Crippen LogP contribution < -0.4 is 10.6 Å². The summed E-state index contributed by atoms with van der Waals surface area (Å²) < 4.78 is 10.4. The van der Waals surface area contributed by atoms with Gasteiger partial charge < -0.3 is 29.9 Å². The summed E-state index contributed by atoms with van der Waals surface area (Å²) in [5, 5.41) is 7.01. The molecule has 178 valence electrons. The maximum Gasteiger partial charge on any atom is 0.409 e. The molecule has 2 amide bonds. The number of amides is 2. The summed E-state index contributed by atoms with van der Waals surface area (Å²) in [5.74, 6) is 0.640. The molecule has 2 rings (SSSR count). The number of carbonyl (C=O) groups is 2. The van der Waals surface area contributed by atoms with E-state index in [4.69, 9.17) is 9.47 Å². The summed E-state index contributed by atoms with van der Waals surface area (Å²) in [4.78, 5) is 31.9. The number of hydrogen-bond donors (Lipinski definition) is 2. The zero-order chi connectivity index (χ0) is 22.7. The first-order chi connectivity index (χ1) is 14.9. The second-order valence-corrected chi connectivity index (χ2v) is 8.86. The molecule has 2 fully saturated rings. The highest BCUT2D eigenvalue weighted by Crippen LogP contribution is 2.40. The average Bonchev–Trinajstić information content (AvgIpc) is 3.23. The molecule has 2 aliphatic rings. The van der Waals surface area contributed by atoms with Crippen molar-refractivity contribution in [3.05, 3.63) is 0 Å². The fraction of sp³-hybridized carbons (Fsp3) is 0.864. The first kappa shape index (κ1) is 25.2. The topological polar surface area (TPSA) is 95.5 Å². The highest BCUT2D eigenvalue weighted by molar-refractivity contribution is 5.85. The number of nitrogens with zero attached hydrogens (tertiary/aromatic N) is 3. The molecule has 9 heteroatoms. The third-order valence-electron chi connectivity index (χ3n) is 6.36. The van der Waals surface area contributed by atoms with E-state index in [1.54, 1.807) is 31.0 Å².